The molecule has 4 rings (SSSR count). The van der Waals surface area contributed by atoms with Crippen LogP contribution < -0.4 is 0 Å². The molecule has 10 nitrogen and oxygen atoms in total. The fourth-order valence-electron chi connectivity index (χ4n) is 3.06. The highest BCUT2D eigenvalue weighted by molar-refractivity contribution is 6.21. The van der Waals surface area contributed by atoms with Crippen LogP contribution in [-0.2, 0) is 0 Å². The topological polar surface area (TPSA) is 194 Å². The molecule has 132 valence electrons. The van der Waals surface area contributed by atoms with Gasteiger partial charge in [0, 0.05) is 10.8 Å². The number of rotatable bonds is 0. The highest BCUT2D eigenvalue weighted by Gasteiger charge is 2.21. The molecule has 0 amide bonds. The maximum absolute atomic E-state index is 9.39. The molecule has 0 atom stereocenters. The zero-order valence-corrected chi connectivity index (χ0v) is 14.6. The Bertz CT molecular complexity index is 1350. The predicted octanol–water partition coefficient (Wildman–Crippen LogP) is 1.96. The summed E-state index contributed by atoms with van der Waals surface area (Å²) >= 11 is 0. The summed E-state index contributed by atoms with van der Waals surface area (Å²) in [5.41, 5.74) is -0.353. The largest absolute Gasteiger partial charge is 0.232 e. The standard InChI is InChI=1S/C20H2N10/c21-3-9-1-11-12(2-10(9)4-22)18-20(30-16(8-26)14(6-24)28-18)19-17(11)27-13(5-23)15(7-25)29-19/h1-2H. The zero-order chi connectivity index (χ0) is 21.4. The average molecular weight is 382 g/mol. The van der Waals surface area contributed by atoms with Gasteiger partial charge in [-0.05, 0) is 12.1 Å². The van der Waals surface area contributed by atoms with Gasteiger partial charge in [-0.25, -0.2) is 19.9 Å². The Morgan fingerprint density at radius 2 is 0.733 bits per heavy atom. The van der Waals surface area contributed by atoms with Gasteiger partial charge in [0.2, 0.25) is 0 Å². The molecule has 2 aromatic carbocycles. The molecule has 10 heteroatoms. The van der Waals surface area contributed by atoms with Crippen molar-refractivity contribution in [1.82, 2.24) is 19.9 Å². The van der Waals surface area contributed by atoms with E-state index >= 15 is 0 Å². The zero-order valence-electron chi connectivity index (χ0n) is 14.6. The summed E-state index contributed by atoms with van der Waals surface area (Å²) in [6.45, 7) is 0. The molecule has 0 aliphatic rings. The van der Waals surface area contributed by atoms with E-state index in [2.05, 4.69) is 19.9 Å². The van der Waals surface area contributed by atoms with E-state index in [1.165, 1.54) is 12.1 Å². The Morgan fingerprint density at radius 3 is 1.00 bits per heavy atom. The van der Waals surface area contributed by atoms with E-state index in [4.69, 9.17) is 0 Å². The Morgan fingerprint density at radius 1 is 0.433 bits per heavy atom. The molecular weight excluding hydrogens is 380 g/mol. The molecule has 0 aliphatic heterocycles. The molecule has 0 unspecified atom stereocenters. The van der Waals surface area contributed by atoms with E-state index in [0.717, 1.165) is 0 Å². The van der Waals surface area contributed by atoms with Crippen molar-refractivity contribution in [3.63, 3.8) is 0 Å². The molecule has 4 aromatic rings. The lowest BCUT2D eigenvalue weighted by Gasteiger charge is -2.10. The quantitative estimate of drug-likeness (QED) is 0.405. The van der Waals surface area contributed by atoms with E-state index in [9.17, 15) is 31.6 Å². The first-order chi connectivity index (χ1) is 14.6. The SMILES string of the molecule is N#Cc1cc2c(cc1C#N)c1nc(C#N)c(C#N)nc1c1nc(C#N)c(C#N)nc21. The highest BCUT2D eigenvalue weighted by atomic mass is 14.9. The molecule has 30 heavy (non-hydrogen) atoms. The minimum Gasteiger partial charge on any atom is -0.232 e. The number of nitriles is 6. The first-order valence-corrected chi connectivity index (χ1v) is 8.04. The summed E-state index contributed by atoms with van der Waals surface area (Å²) in [6, 6.07) is 13.8. The van der Waals surface area contributed by atoms with Gasteiger partial charge in [0.15, 0.2) is 22.8 Å². The number of hydrogen-bond donors (Lipinski definition) is 0. The Hall–Kier alpha value is -5.68. The molecule has 0 radical (unpaired) electrons. The highest BCUT2D eigenvalue weighted by Crippen LogP contribution is 2.34. The number of hydrogen-bond acceptors (Lipinski definition) is 10. The minimum absolute atomic E-state index is 0.0671. The first kappa shape index (κ1) is 17.7. The Balaban J connectivity index is 2.42. The van der Waals surface area contributed by atoms with Gasteiger partial charge >= 0.3 is 0 Å². The monoisotopic (exact) mass is 382 g/mol. The van der Waals surface area contributed by atoms with E-state index < -0.39 is 0 Å². The van der Waals surface area contributed by atoms with Gasteiger partial charge in [-0.1, -0.05) is 0 Å². The van der Waals surface area contributed by atoms with Gasteiger partial charge in [0.1, 0.15) is 58.5 Å². The summed E-state index contributed by atoms with van der Waals surface area (Å²) in [5.74, 6) is 0. The van der Waals surface area contributed by atoms with Crippen LogP contribution in [0.2, 0.25) is 0 Å². The van der Waals surface area contributed by atoms with Gasteiger partial charge in [-0.3, -0.25) is 0 Å². The number of nitrogens with zero attached hydrogens (tertiary/aromatic N) is 10. The summed E-state index contributed by atoms with van der Waals surface area (Å²) in [6.07, 6.45) is 0. The molecule has 0 fully saturated rings. The van der Waals surface area contributed by atoms with Crippen LogP contribution in [0.4, 0.5) is 0 Å². The van der Waals surface area contributed by atoms with Crippen molar-refractivity contribution in [2.75, 3.05) is 0 Å². The summed E-state index contributed by atoms with van der Waals surface area (Å²) in [7, 11) is 0. The van der Waals surface area contributed by atoms with Crippen LogP contribution in [0.3, 0.4) is 0 Å². The van der Waals surface area contributed by atoms with Crippen LogP contribution in [0.5, 0.6) is 0 Å². The van der Waals surface area contributed by atoms with Gasteiger partial charge in [0.25, 0.3) is 0 Å². The molecule has 0 saturated carbocycles. The van der Waals surface area contributed by atoms with Crippen molar-refractivity contribution in [3.8, 4) is 36.4 Å². The lowest BCUT2D eigenvalue weighted by atomic mass is 9.99. The van der Waals surface area contributed by atoms with Gasteiger partial charge in [-0.2, -0.15) is 31.6 Å². The van der Waals surface area contributed by atoms with Crippen LogP contribution in [0.15, 0.2) is 12.1 Å². The molecule has 2 heterocycles. The van der Waals surface area contributed by atoms with E-state index in [0.29, 0.717) is 10.8 Å². The van der Waals surface area contributed by atoms with Gasteiger partial charge in [-0.15, -0.1) is 0 Å². The predicted molar refractivity (Wildman–Crippen MR) is 98.4 cm³/mol. The maximum atomic E-state index is 9.39. The average Bonchev–Trinajstić information content (AvgIpc) is 2.81. The molecule has 2 aromatic heterocycles. The van der Waals surface area contributed by atoms with Crippen LogP contribution in [-0.4, -0.2) is 19.9 Å². The van der Waals surface area contributed by atoms with Crippen LogP contribution >= 0.6 is 0 Å². The van der Waals surface area contributed by atoms with Crippen LogP contribution in [0.25, 0.3) is 32.8 Å². The van der Waals surface area contributed by atoms with Crippen LogP contribution in [0.1, 0.15) is 33.9 Å². The first-order valence-electron chi connectivity index (χ1n) is 8.04. The van der Waals surface area contributed by atoms with Crippen LogP contribution in [0, 0.1) is 68.0 Å². The van der Waals surface area contributed by atoms with Gasteiger partial charge < -0.3 is 0 Å². The third-order valence-electron chi connectivity index (χ3n) is 4.35. The van der Waals surface area contributed by atoms with E-state index in [-0.39, 0.29) is 56.0 Å². The fraction of sp³-hybridized carbons (Fsp3) is 0. The van der Waals surface area contributed by atoms with E-state index in [1.54, 1.807) is 24.3 Å². The van der Waals surface area contributed by atoms with Crippen molar-refractivity contribution in [3.05, 3.63) is 46.0 Å². The summed E-state index contributed by atoms with van der Waals surface area (Å²) in [5, 5.41) is 56.7. The molecule has 0 aliphatic carbocycles. The number of benzene rings is 2. The van der Waals surface area contributed by atoms with Crippen molar-refractivity contribution in [2.45, 2.75) is 0 Å². The molecule has 0 spiro atoms. The Labute approximate surface area is 167 Å². The minimum atomic E-state index is -0.246. The Kier molecular flexibility index (Phi) is 3.83. The molecule has 0 bridgehead atoms. The molecule has 0 saturated heterocycles. The summed E-state index contributed by atoms with van der Waals surface area (Å²) < 4.78 is 0. The van der Waals surface area contributed by atoms with Crippen molar-refractivity contribution in [1.29, 1.82) is 31.6 Å². The lowest BCUT2D eigenvalue weighted by Crippen LogP contribution is -2.02. The smallest absolute Gasteiger partial charge is 0.177 e. The lowest BCUT2D eigenvalue weighted by molar-refractivity contribution is 1.18. The third kappa shape index (κ3) is 2.31. The normalized spacial score (nSPS) is 9.80. The second kappa shape index (κ2) is 6.49. The fourth-order valence-corrected chi connectivity index (χ4v) is 3.06. The van der Waals surface area contributed by atoms with Crippen molar-refractivity contribution < 1.29 is 0 Å². The molecular formula is C20H2N10. The number of fused-ring (bicyclic) bond motifs is 6. The van der Waals surface area contributed by atoms with E-state index in [1.807, 2.05) is 12.1 Å². The molecule has 0 N–H and O–H groups in total. The second-order valence-electron chi connectivity index (χ2n) is 5.85. The van der Waals surface area contributed by atoms with Crippen molar-refractivity contribution >= 4 is 32.8 Å². The van der Waals surface area contributed by atoms with Crippen molar-refractivity contribution in [2.24, 2.45) is 0 Å². The van der Waals surface area contributed by atoms with Gasteiger partial charge in [0.05, 0.1) is 11.1 Å². The maximum Gasteiger partial charge on any atom is 0.177 e. The summed E-state index contributed by atoms with van der Waals surface area (Å²) in [4.78, 5) is 16.8. The second-order valence-corrected chi connectivity index (χ2v) is 5.85. The third-order valence-corrected chi connectivity index (χ3v) is 4.35. The number of aromatic nitrogens is 4.